The fourth-order valence-electron chi connectivity index (χ4n) is 2.59. The van der Waals surface area contributed by atoms with Gasteiger partial charge in [-0.3, -0.25) is 4.79 Å². The second-order valence-corrected chi connectivity index (χ2v) is 6.96. The van der Waals surface area contributed by atoms with Gasteiger partial charge in [-0.1, -0.05) is 30.3 Å². The lowest BCUT2D eigenvalue weighted by Gasteiger charge is -2.22. The summed E-state index contributed by atoms with van der Waals surface area (Å²) < 4.78 is 11.1. The van der Waals surface area contributed by atoms with Gasteiger partial charge in [-0.15, -0.1) is 0 Å². The van der Waals surface area contributed by atoms with Crippen LogP contribution in [0.3, 0.4) is 0 Å². The van der Waals surface area contributed by atoms with Crippen molar-refractivity contribution in [3.8, 4) is 5.75 Å². The summed E-state index contributed by atoms with van der Waals surface area (Å²) in [6.07, 6.45) is 0.441. The molecule has 4 atom stereocenters. The average molecular weight is 346 g/mol. The number of halogens is 1. The van der Waals surface area contributed by atoms with Crippen molar-refractivity contribution in [2.45, 2.75) is 35.8 Å². The van der Waals surface area contributed by atoms with E-state index < -0.39 is 12.0 Å². The van der Waals surface area contributed by atoms with Crippen LogP contribution in [0.25, 0.3) is 0 Å². The summed E-state index contributed by atoms with van der Waals surface area (Å²) in [6, 6.07) is 4.79. The summed E-state index contributed by atoms with van der Waals surface area (Å²) in [5.74, 6) is -0.0437. The van der Waals surface area contributed by atoms with E-state index in [4.69, 9.17) is 21.1 Å². The van der Waals surface area contributed by atoms with E-state index in [1.54, 1.807) is 20.2 Å². The highest BCUT2D eigenvalue weighted by atomic mass is 35.5. The molecule has 1 aromatic rings. The quantitative estimate of drug-likeness (QED) is 0.826. The monoisotopic (exact) mass is 345 g/mol. The van der Waals surface area contributed by atoms with Crippen LogP contribution in [0.15, 0.2) is 23.1 Å². The normalized spacial score (nSPS) is 25.9. The maximum Gasteiger partial charge on any atom is 0.323 e. The first-order valence-electron chi connectivity index (χ1n) is 7.01. The van der Waals surface area contributed by atoms with E-state index in [2.05, 4.69) is 5.32 Å². The molecule has 1 aromatic carbocycles. The smallest absolute Gasteiger partial charge is 0.323 e. The maximum absolute atomic E-state index is 11.3. The molecule has 22 heavy (non-hydrogen) atoms. The molecule has 1 aliphatic rings. The Balaban J connectivity index is 2.06. The molecule has 0 saturated carbocycles. The van der Waals surface area contributed by atoms with Crippen molar-refractivity contribution >= 4 is 29.3 Å². The number of aliphatic carboxylic acids is 1. The number of ether oxygens (including phenoxy) is 2. The third kappa shape index (κ3) is 4.07. The molecular weight excluding hydrogens is 326 g/mol. The molecule has 1 saturated heterocycles. The first-order valence-corrected chi connectivity index (χ1v) is 8.27. The van der Waals surface area contributed by atoms with Crippen molar-refractivity contribution in [3.05, 3.63) is 23.2 Å². The van der Waals surface area contributed by atoms with Gasteiger partial charge in [0.25, 0.3) is 0 Å². The molecule has 122 valence electrons. The standard InChI is InChI=1S/C15H20ClNO4S/c1-8-4-12(21-14(8)13(17-2)15(18)19)22-11-6-9(16)5-10(7-11)20-3/h5-8,12-14,17H,4H2,1-3H3,(H,18,19)/t8-,12?,13?,14-/m1/s1. The van der Waals surface area contributed by atoms with E-state index in [9.17, 15) is 9.90 Å². The van der Waals surface area contributed by atoms with E-state index in [1.807, 2.05) is 19.1 Å². The number of carboxylic acid groups (broad SMARTS) is 1. The van der Waals surface area contributed by atoms with Gasteiger partial charge < -0.3 is 19.9 Å². The van der Waals surface area contributed by atoms with Gasteiger partial charge in [0.15, 0.2) is 0 Å². The van der Waals surface area contributed by atoms with E-state index in [0.717, 1.165) is 11.3 Å². The Morgan fingerprint density at radius 2 is 2.27 bits per heavy atom. The highest BCUT2D eigenvalue weighted by Crippen LogP contribution is 2.39. The number of thioether (sulfide) groups is 1. The Hall–Kier alpha value is -0.950. The maximum atomic E-state index is 11.3. The Morgan fingerprint density at radius 1 is 1.55 bits per heavy atom. The van der Waals surface area contributed by atoms with Crippen LogP contribution in [0.1, 0.15) is 13.3 Å². The van der Waals surface area contributed by atoms with E-state index >= 15 is 0 Å². The lowest BCUT2D eigenvalue weighted by molar-refractivity contribution is -0.143. The Bertz CT molecular complexity index is 542. The predicted molar refractivity (Wildman–Crippen MR) is 86.8 cm³/mol. The number of carboxylic acids is 1. The largest absolute Gasteiger partial charge is 0.497 e. The first-order chi connectivity index (χ1) is 10.4. The number of likely N-dealkylation sites (N-methyl/N-ethyl adjacent to an activating group) is 1. The van der Waals surface area contributed by atoms with Gasteiger partial charge in [0, 0.05) is 9.92 Å². The summed E-state index contributed by atoms with van der Waals surface area (Å²) in [4.78, 5) is 12.2. The van der Waals surface area contributed by atoms with Crippen LogP contribution in [0.2, 0.25) is 5.02 Å². The van der Waals surface area contributed by atoms with Crippen molar-refractivity contribution in [2.24, 2.45) is 5.92 Å². The topological polar surface area (TPSA) is 67.8 Å². The number of hydrogen-bond acceptors (Lipinski definition) is 5. The molecule has 0 aliphatic carbocycles. The fraction of sp³-hybridized carbons (Fsp3) is 0.533. The summed E-state index contributed by atoms with van der Waals surface area (Å²) in [5.41, 5.74) is -0.0987. The number of hydrogen-bond donors (Lipinski definition) is 2. The zero-order valence-electron chi connectivity index (χ0n) is 12.7. The first kappa shape index (κ1) is 17.4. The third-order valence-electron chi connectivity index (χ3n) is 3.69. The minimum atomic E-state index is -0.894. The van der Waals surface area contributed by atoms with Crippen LogP contribution in [-0.4, -0.2) is 42.8 Å². The molecule has 5 nitrogen and oxygen atoms in total. The van der Waals surface area contributed by atoms with Gasteiger partial charge in [0.2, 0.25) is 0 Å². The Kier molecular flexibility index (Phi) is 5.97. The minimum absolute atomic E-state index is 0.0987. The second kappa shape index (κ2) is 7.55. The van der Waals surface area contributed by atoms with Crippen LogP contribution in [0.4, 0.5) is 0 Å². The number of rotatable bonds is 6. The zero-order valence-corrected chi connectivity index (χ0v) is 14.3. The lowest BCUT2D eigenvalue weighted by Crippen LogP contribution is -2.46. The summed E-state index contributed by atoms with van der Waals surface area (Å²) >= 11 is 7.60. The number of carbonyl (C=O) groups is 1. The van der Waals surface area contributed by atoms with Gasteiger partial charge >= 0.3 is 5.97 Å². The Labute approximate surface area is 139 Å². The van der Waals surface area contributed by atoms with Crippen LogP contribution >= 0.6 is 23.4 Å². The van der Waals surface area contributed by atoms with Gasteiger partial charge in [0.05, 0.1) is 13.2 Å². The molecule has 7 heteroatoms. The third-order valence-corrected chi connectivity index (χ3v) is 4.98. The molecule has 2 N–H and O–H groups in total. The number of benzene rings is 1. The van der Waals surface area contributed by atoms with Gasteiger partial charge in [-0.2, -0.15) is 0 Å². The van der Waals surface area contributed by atoms with E-state index in [0.29, 0.717) is 10.8 Å². The van der Waals surface area contributed by atoms with Crippen molar-refractivity contribution in [2.75, 3.05) is 14.2 Å². The molecular formula is C15H20ClNO4S. The van der Waals surface area contributed by atoms with Gasteiger partial charge in [0.1, 0.15) is 17.2 Å². The molecule has 2 unspecified atom stereocenters. The van der Waals surface area contributed by atoms with Gasteiger partial charge in [-0.05, 0) is 37.6 Å². The highest BCUT2D eigenvalue weighted by Gasteiger charge is 2.40. The summed E-state index contributed by atoms with van der Waals surface area (Å²) in [7, 11) is 3.23. The lowest BCUT2D eigenvalue weighted by atomic mass is 9.98. The fourth-order valence-corrected chi connectivity index (χ4v) is 4.14. The minimum Gasteiger partial charge on any atom is -0.497 e. The predicted octanol–water partition coefficient (Wildman–Crippen LogP) is 2.86. The van der Waals surface area contributed by atoms with Crippen LogP contribution in [0, 0.1) is 5.92 Å². The molecule has 0 bridgehead atoms. The molecule has 0 aromatic heterocycles. The molecule has 1 aliphatic heterocycles. The van der Waals surface area contributed by atoms with Crippen LogP contribution in [-0.2, 0) is 9.53 Å². The zero-order chi connectivity index (χ0) is 16.3. The molecule has 0 radical (unpaired) electrons. The second-order valence-electron chi connectivity index (χ2n) is 5.29. The van der Waals surface area contributed by atoms with Crippen LogP contribution in [0.5, 0.6) is 5.75 Å². The van der Waals surface area contributed by atoms with Crippen molar-refractivity contribution in [1.82, 2.24) is 5.32 Å². The highest BCUT2D eigenvalue weighted by molar-refractivity contribution is 7.99. The van der Waals surface area contributed by atoms with E-state index in [1.165, 1.54) is 11.8 Å². The van der Waals surface area contributed by atoms with Gasteiger partial charge in [-0.25, -0.2) is 0 Å². The summed E-state index contributed by atoms with van der Waals surface area (Å²) in [6.45, 7) is 2.01. The summed E-state index contributed by atoms with van der Waals surface area (Å²) in [5, 5.41) is 12.7. The Morgan fingerprint density at radius 3 is 2.86 bits per heavy atom. The van der Waals surface area contributed by atoms with Crippen LogP contribution < -0.4 is 10.1 Å². The molecule has 1 fully saturated rings. The number of nitrogens with one attached hydrogen (secondary N) is 1. The van der Waals surface area contributed by atoms with E-state index in [-0.39, 0.29) is 17.5 Å². The average Bonchev–Trinajstić information content (AvgIpc) is 2.79. The molecule has 0 spiro atoms. The molecule has 0 amide bonds. The van der Waals surface area contributed by atoms with Crippen molar-refractivity contribution < 1.29 is 19.4 Å². The number of methoxy groups -OCH3 is 1. The SMILES string of the molecule is CNC(C(=O)O)[C@@H]1OC(Sc2cc(Cl)cc(OC)c2)C[C@H]1C. The molecule has 2 rings (SSSR count). The molecule has 1 heterocycles. The van der Waals surface area contributed by atoms with Crippen molar-refractivity contribution in [3.63, 3.8) is 0 Å². The van der Waals surface area contributed by atoms with Crippen molar-refractivity contribution in [1.29, 1.82) is 0 Å².